The fourth-order valence-electron chi connectivity index (χ4n) is 23.1. The molecule has 4 aromatic heterocycles. The molecule has 0 unspecified atom stereocenters. The van der Waals surface area contributed by atoms with Crippen LogP contribution in [-0.2, 0) is 10.8 Å². The molecule has 0 spiro atoms. The molecule has 0 fully saturated rings. The van der Waals surface area contributed by atoms with Gasteiger partial charge in [-0.15, -0.1) is 0 Å². The average molecular weight is 1650 g/mol. The van der Waals surface area contributed by atoms with E-state index in [0.717, 1.165) is 11.4 Å². The molecule has 4 heterocycles. The van der Waals surface area contributed by atoms with E-state index < -0.39 is 10.8 Å². The van der Waals surface area contributed by atoms with E-state index in [-0.39, 0.29) is 0 Å². The molecule has 4 heteroatoms. The first kappa shape index (κ1) is 73.4. The third-order valence-corrected chi connectivity index (χ3v) is 28.7. The summed E-state index contributed by atoms with van der Waals surface area (Å²) in [6.45, 7) is 0. The van der Waals surface area contributed by atoms with Crippen LogP contribution >= 0.6 is 0 Å². The maximum atomic E-state index is 2.56. The van der Waals surface area contributed by atoms with Gasteiger partial charge >= 0.3 is 0 Å². The van der Waals surface area contributed by atoms with Gasteiger partial charge in [0.15, 0.2) is 0 Å². The standard InChI is InChI=1S/2C63H40N2/c1-3-19-47(20-4-1)63(48-21-5-2-6-22-48)57-25-13-11-23-51(57)53-33-34-54-56-40-46(30-36-60(56)65(62(54)61(53)63)50-32-28-42-16-8-10-18-44(42)38-50)45-29-35-59-55(39-45)52-24-12-14-26-58(52)64(59)49-31-27-41-15-7-9-17-43(41)37-49;1-3-19-47(20-4-1)63(48-21-5-2-6-22-48)56-25-13-11-23-51(56)53-33-36-60-61(62(53)63)55-40-46(30-35-59(55)65(60)50-32-28-42-16-8-10-18-44(42)38-50)45-29-34-58-54(39-45)52-24-12-14-26-57(52)64(58)49-31-27-41-15-7-9-17-43(41)37-49/h2*1-40H. The number of para-hydroxylation sites is 2. The summed E-state index contributed by atoms with van der Waals surface area (Å²) >= 11 is 0. The van der Waals surface area contributed by atoms with Gasteiger partial charge < -0.3 is 18.3 Å². The van der Waals surface area contributed by atoms with Crippen LogP contribution in [0, 0.1) is 0 Å². The smallest absolute Gasteiger partial charge is 0.0734 e. The Morgan fingerprint density at radius 1 is 0.154 bits per heavy atom. The fourth-order valence-corrected chi connectivity index (χ4v) is 23.1. The Morgan fingerprint density at radius 2 is 0.438 bits per heavy atom. The molecule has 2 aliphatic carbocycles. The molecule has 0 radical (unpaired) electrons. The van der Waals surface area contributed by atoms with E-state index >= 15 is 0 Å². The summed E-state index contributed by atoms with van der Waals surface area (Å²) in [6.07, 6.45) is 0. The molecule has 28 rings (SSSR count). The average Bonchev–Trinajstić information content (AvgIpc) is 1.51. The van der Waals surface area contributed by atoms with Crippen LogP contribution in [-0.4, -0.2) is 18.3 Å². The molecule has 0 bridgehead atoms. The van der Waals surface area contributed by atoms with Crippen molar-refractivity contribution in [3.05, 3.63) is 530 Å². The zero-order valence-corrected chi connectivity index (χ0v) is 71.0. The normalized spacial score (nSPS) is 13.0. The van der Waals surface area contributed by atoms with E-state index in [2.05, 4.69) is 504 Å². The minimum atomic E-state index is -0.565. The van der Waals surface area contributed by atoms with E-state index in [1.807, 2.05) is 0 Å². The largest absolute Gasteiger partial charge is 0.309 e. The van der Waals surface area contributed by atoms with Gasteiger partial charge in [-0.25, -0.2) is 0 Å². The number of benzene rings is 22. The van der Waals surface area contributed by atoms with Crippen LogP contribution in [0.5, 0.6) is 0 Å². The van der Waals surface area contributed by atoms with E-state index in [1.54, 1.807) is 0 Å². The van der Waals surface area contributed by atoms with Gasteiger partial charge in [-0.1, -0.05) is 370 Å². The fraction of sp³-hybridized carbons (Fsp3) is 0.0159. The summed E-state index contributed by atoms with van der Waals surface area (Å²) in [5.41, 5.74) is 33.4. The molecule has 22 aromatic carbocycles. The second-order valence-electron chi connectivity index (χ2n) is 35.3. The molecule has 0 amide bonds. The van der Waals surface area contributed by atoms with Crippen LogP contribution in [0.3, 0.4) is 0 Å². The molecule has 26 aromatic rings. The predicted octanol–water partition coefficient (Wildman–Crippen LogP) is 32.4. The van der Waals surface area contributed by atoms with Crippen LogP contribution in [0.15, 0.2) is 485 Å². The Kier molecular flexibility index (Phi) is 16.3. The van der Waals surface area contributed by atoms with Crippen molar-refractivity contribution in [2.24, 2.45) is 0 Å². The number of aromatic nitrogens is 4. The van der Waals surface area contributed by atoms with Crippen molar-refractivity contribution in [2.75, 3.05) is 0 Å². The van der Waals surface area contributed by atoms with Gasteiger partial charge in [0, 0.05) is 71.4 Å². The zero-order valence-electron chi connectivity index (χ0n) is 71.0. The lowest BCUT2D eigenvalue weighted by Crippen LogP contribution is -2.29. The quantitative estimate of drug-likeness (QED) is 0.130. The summed E-state index contributed by atoms with van der Waals surface area (Å²) in [5.74, 6) is 0. The van der Waals surface area contributed by atoms with Crippen LogP contribution in [0.4, 0.5) is 0 Å². The van der Waals surface area contributed by atoms with E-state index in [9.17, 15) is 0 Å². The first-order valence-corrected chi connectivity index (χ1v) is 45.2. The third-order valence-electron chi connectivity index (χ3n) is 28.7. The minimum absolute atomic E-state index is 0.560. The molecule has 0 N–H and O–H groups in total. The summed E-state index contributed by atoms with van der Waals surface area (Å²) in [4.78, 5) is 0. The molecule has 130 heavy (non-hydrogen) atoms. The monoisotopic (exact) mass is 1650 g/mol. The highest BCUT2D eigenvalue weighted by atomic mass is 15.0. The number of nitrogens with zero attached hydrogens (tertiary/aromatic N) is 4. The number of rotatable bonds is 10. The Balaban J connectivity index is 0.000000134. The number of hydrogen-bond acceptors (Lipinski definition) is 0. The molecule has 0 saturated carbocycles. The topological polar surface area (TPSA) is 19.7 Å². The van der Waals surface area contributed by atoms with Crippen molar-refractivity contribution in [3.63, 3.8) is 0 Å². The molecule has 604 valence electrons. The molecule has 0 aliphatic heterocycles. The Bertz CT molecular complexity index is 9090. The lowest BCUT2D eigenvalue weighted by molar-refractivity contribution is 0.772. The van der Waals surface area contributed by atoms with Gasteiger partial charge in [0.2, 0.25) is 0 Å². The molecular weight excluding hydrogens is 1570 g/mol. The summed E-state index contributed by atoms with van der Waals surface area (Å²) in [7, 11) is 0. The Hall–Kier alpha value is -16.9. The van der Waals surface area contributed by atoms with Crippen molar-refractivity contribution in [3.8, 4) is 67.3 Å². The van der Waals surface area contributed by atoms with Crippen molar-refractivity contribution in [2.45, 2.75) is 10.8 Å². The van der Waals surface area contributed by atoms with Gasteiger partial charge in [0.05, 0.1) is 55.0 Å². The van der Waals surface area contributed by atoms with Gasteiger partial charge in [0.25, 0.3) is 0 Å². The van der Waals surface area contributed by atoms with Gasteiger partial charge in [-0.3, -0.25) is 0 Å². The predicted molar refractivity (Wildman–Crippen MR) is 546 cm³/mol. The van der Waals surface area contributed by atoms with Gasteiger partial charge in [-0.2, -0.15) is 0 Å². The summed E-state index contributed by atoms with van der Waals surface area (Å²) < 4.78 is 9.92. The number of fused-ring (bicyclic) bond motifs is 24. The maximum Gasteiger partial charge on any atom is 0.0734 e. The van der Waals surface area contributed by atoms with Crippen molar-refractivity contribution in [1.29, 1.82) is 0 Å². The number of hydrogen-bond donors (Lipinski definition) is 0. The molecule has 4 nitrogen and oxygen atoms in total. The second-order valence-corrected chi connectivity index (χ2v) is 35.3. The summed E-state index contributed by atoms with van der Waals surface area (Å²) in [6, 6.07) is 181. The lowest BCUT2D eigenvalue weighted by atomic mass is 9.67. The highest BCUT2D eigenvalue weighted by Gasteiger charge is 2.50. The second kappa shape index (κ2) is 28.8. The Labute approximate surface area is 751 Å². The van der Waals surface area contributed by atoms with Crippen LogP contribution in [0.25, 0.3) is 198 Å². The molecule has 0 atom stereocenters. The van der Waals surface area contributed by atoms with Crippen LogP contribution < -0.4 is 0 Å². The highest BCUT2D eigenvalue weighted by Crippen LogP contribution is 2.62. The molecule has 0 saturated heterocycles. The summed E-state index contributed by atoms with van der Waals surface area (Å²) in [5, 5.41) is 19.9. The third kappa shape index (κ3) is 10.8. The molecule has 2 aliphatic rings. The van der Waals surface area contributed by atoms with E-state index in [1.165, 1.54) is 231 Å². The van der Waals surface area contributed by atoms with Gasteiger partial charge in [-0.05, 0) is 242 Å². The highest BCUT2D eigenvalue weighted by molar-refractivity contribution is 6.19. The SMILES string of the molecule is c1ccc(C2(c3ccccc3)c3ccccc3-c3ccc4c(c32)c2cc(-c3ccc5c(c3)c3ccccc3n5-c3ccc5ccccc5c3)ccc2n4-c2ccc3ccccc3c2)cc1.c1ccc(C2(c3ccccc3)c3ccccc3-c3ccc4c5cc(-c6ccc7c(c6)c6ccccc6n7-c6ccc7ccccc7c6)ccc5n(-c5ccc6ccccc6c5)c4c32)cc1. The minimum Gasteiger partial charge on any atom is -0.309 e. The van der Waals surface area contributed by atoms with Crippen molar-refractivity contribution >= 4 is 130 Å². The van der Waals surface area contributed by atoms with Crippen LogP contribution in [0.2, 0.25) is 0 Å². The van der Waals surface area contributed by atoms with E-state index in [0.29, 0.717) is 0 Å². The van der Waals surface area contributed by atoms with Crippen molar-refractivity contribution < 1.29 is 0 Å². The van der Waals surface area contributed by atoms with Gasteiger partial charge in [0.1, 0.15) is 0 Å². The van der Waals surface area contributed by atoms with Crippen LogP contribution in [0.1, 0.15) is 44.5 Å². The van der Waals surface area contributed by atoms with E-state index in [4.69, 9.17) is 0 Å². The maximum absolute atomic E-state index is 2.56. The van der Waals surface area contributed by atoms with Crippen molar-refractivity contribution in [1.82, 2.24) is 18.3 Å². The Morgan fingerprint density at radius 3 is 0.854 bits per heavy atom. The molecular formula is C126H80N4. The zero-order chi connectivity index (χ0) is 85.3. The first-order valence-electron chi connectivity index (χ1n) is 45.2. The first-order chi connectivity index (χ1) is 64.5. The lowest BCUT2D eigenvalue weighted by Gasteiger charge is -2.34.